The SMILES string of the molecule is CCCCc1ccc2[nH]c(C)c(C[NH+](C)CCCC)c(=O)c2c1. The molecule has 0 aliphatic rings. The second-order valence-corrected chi connectivity index (χ2v) is 6.78. The molecule has 3 heteroatoms. The van der Waals surface area contributed by atoms with Crippen LogP contribution in [-0.4, -0.2) is 18.6 Å². The van der Waals surface area contributed by atoms with Gasteiger partial charge in [-0.25, -0.2) is 0 Å². The Labute approximate surface area is 139 Å². The first kappa shape index (κ1) is 17.7. The van der Waals surface area contributed by atoms with Crippen molar-refractivity contribution in [2.45, 2.75) is 59.4 Å². The number of H-pyrrole nitrogens is 1. The first-order valence-electron chi connectivity index (χ1n) is 9.02. The van der Waals surface area contributed by atoms with Crippen LogP contribution in [0.15, 0.2) is 23.0 Å². The zero-order valence-corrected chi connectivity index (χ0v) is 15.1. The van der Waals surface area contributed by atoms with Crippen LogP contribution in [-0.2, 0) is 13.0 Å². The molecule has 0 spiro atoms. The number of hydrogen-bond acceptors (Lipinski definition) is 1. The first-order chi connectivity index (χ1) is 11.1. The van der Waals surface area contributed by atoms with Crippen molar-refractivity contribution in [1.82, 2.24) is 4.98 Å². The lowest BCUT2D eigenvalue weighted by Crippen LogP contribution is -3.07. The molecule has 1 unspecified atom stereocenters. The number of hydrogen-bond donors (Lipinski definition) is 2. The van der Waals surface area contributed by atoms with Gasteiger partial charge in [-0.3, -0.25) is 4.79 Å². The maximum absolute atomic E-state index is 13.0. The van der Waals surface area contributed by atoms with Crippen LogP contribution in [0.2, 0.25) is 0 Å². The molecule has 126 valence electrons. The molecule has 1 aromatic heterocycles. The molecule has 0 saturated heterocycles. The fourth-order valence-electron chi connectivity index (χ4n) is 3.12. The van der Waals surface area contributed by atoms with Gasteiger partial charge >= 0.3 is 0 Å². The van der Waals surface area contributed by atoms with Crippen molar-refractivity contribution < 1.29 is 4.90 Å². The second kappa shape index (κ2) is 8.30. The standard InChI is InChI=1S/C20H30N2O/c1-5-7-9-16-10-11-19-17(13-16)20(23)18(15(3)21-19)14-22(4)12-8-6-2/h10-11,13H,5-9,12,14H2,1-4H3,(H,21,23)/p+1. The smallest absolute Gasteiger partial charge is 0.198 e. The molecule has 3 nitrogen and oxygen atoms in total. The Hall–Kier alpha value is -1.61. The number of aryl methyl sites for hydroxylation is 2. The molecule has 2 N–H and O–H groups in total. The van der Waals surface area contributed by atoms with Gasteiger partial charge in [0, 0.05) is 16.6 Å². The van der Waals surface area contributed by atoms with E-state index in [1.54, 1.807) is 0 Å². The second-order valence-electron chi connectivity index (χ2n) is 6.78. The van der Waals surface area contributed by atoms with Crippen LogP contribution in [0.1, 0.15) is 56.4 Å². The average Bonchev–Trinajstić information content (AvgIpc) is 2.55. The van der Waals surface area contributed by atoms with Crippen LogP contribution in [0.5, 0.6) is 0 Å². The monoisotopic (exact) mass is 315 g/mol. The van der Waals surface area contributed by atoms with Crippen molar-refractivity contribution in [2.75, 3.05) is 13.6 Å². The minimum Gasteiger partial charge on any atom is -0.358 e. The van der Waals surface area contributed by atoms with Crippen molar-refractivity contribution in [3.63, 3.8) is 0 Å². The van der Waals surface area contributed by atoms with Gasteiger partial charge in [0.15, 0.2) is 5.43 Å². The fourth-order valence-corrected chi connectivity index (χ4v) is 3.12. The van der Waals surface area contributed by atoms with E-state index in [2.05, 4.69) is 44.1 Å². The number of pyridine rings is 1. The maximum Gasteiger partial charge on any atom is 0.198 e. The molecule has 1 atom stereocenters. The lowest BCUT2D eigenvalue weighted by atomic mass is 10.0. The first-order valence-corrected chi connectivity index (χ1v) is 9.02. The summed E-state index contributed by atoms with van der Waals surface area (Å²) in [7, 11) is 2.18. The van der Waals surface area contributed by atoms with Crippen LogP contribution < -0.4 is 10.3 Å². The third kappa shape index (κ3) is 4.44. The highest BCUT2D eigenvalue weighted by Crippen LogP contribution is 2.15. The van der Waals surface area contributed by atoms with Gasteiger partial charge in [-0.15, -0.1) is 0 Å². The molecular weight excluding hydrogens is 284 g/mol. The van der Waals surface area contributed by atoms with Crippen molar-refractivity contribution in [2.24, 2.45) is 0 Å². The average molecular weight is 315 g/mol. The van der Waals surface area contributed by atoms with Crippen LogP contribution in [0, 0.1) is 6.92 Å². The number of benzene rings is 1. The molecule has 1 aromatic carbocycles. The third-order valence-electron chi connectivity index (χ3n) is 4.63. The summed E-state index contributed by atoms with van der Waals surface area (Å²) in [5.74, 6) is 0. The summed E-state index contributed by atoms with van der Waals surface area (Å²) in [6.45, 7) is 8.35. The summed E-state index contributed by atoms with van der Waals surface area (Å²) in [6, 6.07) is 6.30. The Morgan fingerprint density at radius 2 is 1.87 bits per heavy atom. The topological polar surface area (TPSA) is 37.3 Å². The number of aromatic amines is 1. The number of aromatic nitrogens is 1. The molecule has 0 amide bonds. The van der Waals surface area contributed by atoms with Gasteiger partial charge in [0.05, 0.1) is 19.2 Å². The quantitative estimate of drug-likeness (QED) is 0.772. The lowest BCUT2D eigenvalue weighted by Gasteiger charge is -2.15. The summed E-state index contributed by atoms with van der Waals surface area (Å²) in [5.41, 5.74) is 4.40. The van der Waals surface area contributed by atoms with Crippen LogP contribution in [0.3, 0.4) is 0 Å². The van der Waals surface area contributed by atoms with Crippen LogP contribution >= 0.6 is 0 Å². The molecule has 0 bridgehead atoms. The Morgan fingerprint density at radius 3 is 2.57 bits per heavy atom. The zero-order valence-electron chi connectivity index (χ0n) is 15.1. The van der Waals surface area contributed by atoms with Gasteiger partial charge in [0.1, 0.15) is 6.54 Å². The van der Waals surface area contributed by atoms with E-state index in [1.807, 2.05) is 6.92 Å². The van der Waals surface area contributed by atoms with Gasteiger partial charge < -0.3 is 9.88 Å². The normalized spacial score (nSPS) is 12.7. The van der Waals surface area contributed by atoms with Gasteiger partial charge in [0.25, 0.3) is 0 Å². The largest absolute Gasteiger partial charge is 0.358 e. The molecule has 2 rings (SSSR count). The molecule has 1 heterocycles. The van der Waals surface area contributed by atoms with E-state index in [0.29, 0.717) is 0 Å². The Kier molecular flexibility index (Phi) is 6.40. The molecule has 0 saturated carbocycles. The van der Waals surface area contributed by atoms with Gasteiger partial charge in [0.2, 0.25) is 0 Å². The van der Waals surface area contributed by atoms with Gasteiger partial charge in [-0.2, -0.15) is 0 Å². The van der Waals surface area contributed by atoms with E-state index in [-0.39, 0.29) is 5.43 Å². The Balaban J connectivity index is 2.35. The van der Waals surface area contributed by atoms with E-state index in [1.165, 1.54) is 36.1 Å². The number of quaternary nitrogens is 1. The molecule has 0 radical (unpaired) electrons. The number of rotatable bonds is 8. The minimum absolute atomic E-state index is 0.213. The van der Waals surface area contributed by atoms with Crippen molar-refractivity contribution >= 4 is 10.9 Å². The highest BCUT2D eigenvalue weighted by Gasteiger charge is 2.14. The van der Waals surface area contributed by atoms with E-state index in [9.17, 15) is 4.79 Å². The summed E-state index contributed by atoms with van der Waals surface area (Å²) in [6.07, 6.45) is 5.81. The third-order valence-corrected chi connectivity index (χ3v) is 4.63. The van der Waals surface area contributed by atoms with Crippen LogP contribution in [0.25, 0.3) is 10.9 Å². The Morgan fingerprint density at radius 1 is 1.13 bits per heavy atom. The highest BCUT2D eigenvalue weighted by atomic mass is 16.1. The number of nitrogens with one attached hydrogen (secondary N) is 2. The predicted octanol–water partition coefficient (Wildman–Crippen LogP) is 2.99. The maximum atomic E-state index is 13.0. The summed E-state index contributed by atoms with van der Waals surface area (Å²) >= 11 is 0. The fraction of sp³-hybridized carbons (Fsp3) is 0.550. The van der Waals surface area contributed by atoms with E-state index in [4.69, 9.17) is 0 Å². The van der Waals surface area contributed by atoms with E-state index in [0.717, 1.165) is 41.7 Å². The molecule has 2 aromatic rings. The minimum atomic E-state index is 0.213. The Bertz CT molecular complexity index is 703. The zero-order chi connectivity index (χ0) is 16.8. The molecule has 0 fully saturated rings. The number of unbranched alkanes of at least 4 members (excludes halogenated alkanes) is 2. The molecular formula is C20H31N2O+. The lowest BCUT2D eigenvalue weighted by molar-refractivity contribution is -0.894. The summed E-state index contributed by atoms with van der Waals surface area (Å²) in [4.78, 5) is 17.8. The molecule has 0 aliphatic heterocycles. The van der Waals surface area contributed by atoms with Crippen molar-refractivity contribution in [1.29, 1.82) is 0 Å². The van der Waals surface area contributed by atoms with Crippen molar-refractivity contribution in [3.8, 4) is 0 Å². The molecule has 0 aliphatic carbocycles. The van der Waals surface area contributed by atoms with Crippen molar-refractivity contribution in [3.05, 3.63) is 45.2 Å². The number of fused-ring (bicyclic) bond motifs is 1. The van der Waals surface area contributed by atoms with Gasteiger partial charge in [-0.05, 0) is 43.9 Å². The van der Waals surface area contributed by atoms with E-state index < -0.39 is 0 Å². The van der Waals surface area contributed by atoms with Gasteiger partial charge in [-0.1, -0.05) is 32.8 Å². The highest BCUT2D eigenvalue weighted by molar-refractivity contribution is 5.80. The summed E-state index contributed by atoms with van der Waals surface area (Å²) < 4.78 is 0. The van der Waals surface area contributed by atoms with Crippen LogP contribution in [0.4, 0.5) is 0 Å². The molecule has 23 heavy (non-hydrogen) atoms. The van der Waals surface area contributed by atoms with E-state index >= 15 is 0 Å². The summed E-state index contributed by atoms with van der Waals surface area (Å²) in [5, 5.41) is 0.850. The predicted molar refractivity (Wildman–Crippen MR) is 98.3 cm³/mol.